The van der Waals surface area contributed by atoms with Crippen LogP contribution in [0.3, 0.4) is 0 Å². The van der Waals surface area contributed by atoms with Gasteiger partial charge in [0.1, 0.15) is 6.04 Å². The van der Waals surface area contributed by atoms with Crippen LogP contribution in [0.1, 0.15) is 0 Å². The van der Waals surface area contributed by atoms with E-state index < -0.39 is 22.0 Å². The van der Waals surface area contributed by atoms with Crippen LogP contribution < -0.4 is 5.32 Å². The monoisotopic (exact) mass is 270 g/mol. The van der Waals surface area contributed by atoms with Crippen LogP contribution in [0.2, 0.25) is 0 Å². The molecule has 2 rings (SSSR count). The van der Waals surface area contributed by atoms with Gasteiger partial charge in [0, 0.05) is 19.6 Å². The topological polar surface area (TPSA) is 86.7 Å². The van der Waals surface area contributed by atoms with E-state index in [1.807, 2.05) is 0 Å². The third-order valence-electron chi connectivity index (χ3n) is 2.83. The minimum atomic E-state index is -3.74. The molecule has 1 aromatic rings. The number of aliphatic carboxylic acids is 1. The zero-order chi connectivity index (χ0) is 13.2. The van der Waals surface area contributed by atoms with Crippen LogP contribution in [0.25, 0.3) is 0 Å². The molecule has 1 saturated heterocycles. The van der Waals surface area contributed by atoms with E-state index in [2.05, 4.69) is 5.32 Å². The summed E-state index contributed by atoms with van der Waals surface area (Å²) in [5, 5.41) is 12.0. The van der Waals surface area contributed by atoms with Crippen molar-refractivity contribution in [1.82, 2.24) is 9.62 Å². The number of nitrogens with zero attached hydrogens (tertiary/aromatic N) is 1. The molecule has 1 aromatic carbocycles. The first-order chi connectivity index (χ1) is 8.53. The third kappa shape index (κ3) is 2.38. The van der Waals surface area contributed by atoms with E-state index >= 15 is 0 Å². The van der Waals surface area contributed by atoms with Crippen LogP contribution in [-0.4, -0.2) is 49.5 Å². The largest absolute Gasteiger partial charge is 0.480 e. The average Bonchev–Trinajstić information content (AvgIpc) is 2.39. The molecular weight excluding hydrogens is 256 g/mol. The second-order valence-electron chi connectivity index (χ2n) is 3.99. The number of carbonyl (C=O) groups is 1. The van der Waals surface area contributed by atoms with Gasteiger partial charge in [0.15, 0.2) is 0 Å². The molecule has 98 valence electrons. The fraction of sp³-hybridized carbons (Fsp3) is 0.364. The summed E-state index contributed by atoms with van der Waals surface area (Å²) >= 11 is 0. The van der Waals surface area contributed by atoms with Gasteiger partial charge in [0.2, 0.25) is 10.0 Å². The summed E-state index contributed by atoms with van der Waals surface area (Å²) in [4.78, 5) is 11.2. The summed E-state index contributed by atoms with van der Waals surface area (Å²) < 4.78 is 25.7. The fourth-order valence-electron chi connectivity index (χ4n) is 1.91. The van der Waals surface area contributed by atoms with Crippen molar-refractivity contribution in [3.63, 3.8) is 0 Å². The van der Waals surface area contributed by atoms with Gasteiger partial charge in [-0.1, -0.05) is 18.2 Å². The van der Waals surface area contributed by atoms with Crippen molar-refractivity contribution in [3.8, 4) is 0 Å². The molecule has 1 unspecified atom stereocenters. The summed E-state index contributed by atoms with van der Waals surface area (Å²) in [7, 11) is -3.74. The normalized spacial score (nSPS) is 21.7. The van der Waals surface area contributed by atoms with Gasteiger partial charge in [0.25, 0.3) is 0 Å². The molecule has 1 aliphatic rings. The highest BCUT2D eigenvalue weighted by atomic mass is 32.2. The molecule has 0 spiro atoms. The third-order valence-corrected chi connectivity index (χ3v) is 4.75. The Labute approximate surface area is 105 Å². The van der Waals surface area contributed by atoms with E-state index in [-0.39, 0.29) is 18.0 Å². The number of piperazine rings is 1. The number of nitrogens with one attached hydrogen (secondary N) is 1. The molecule has 1 atom stereocenters. The molecule has 0 amide bonds. The van der Waals surface area contributed by atoms with Gasteiger partial charge in [-0.15, -0.1) is 0 Å². The predicted molar refractivity (Wildman–Crippen MR) is 64.6 cm³/mol. The van der Waals surface area contributed by atoms with E-state index in [9.17, 15) is 13.2 Å². The highest BCUT2D eigenvalue weighted by Crippen LogP contribution is 2.19. The first-order valence-electron chi connectivity index (χ1n) is 5.54. The molecule has 0 bridgehead atoms. The maximum atomic E-state index is 12.3. The predicted octanol–water partition coefficient (Wildman–Crippen LogP) is -0.266. The lowest BCUT2D eigenvalue weighted by Crippen LogP contribution is -2.56. The summed E-state index contributed by atoms with van der Waals surface area (Å²) in [6.45, 7) is 0.742. The van der Waals surface area contributed by atoms with Crippen LogP contribution in [0.15, 0.2) is 35.2 Å². The lowest BCUT2D eigenvalue weighted by Gasteiger charge is -2.32. The van der Waals surface area contributed by atoms with Crippen LogP contribution in [-0.2, 0) is 14.8 Å². The van der Waals surface area contributed by atoms with E-state index in [1.165, 1.54) is 12.1 Å². The summed E-state index contributed by atoms with van der Waals surface area (Å²) in [6, 6.07) is 6.83. The summed E-state index contributed by atoms with van der Waals surface area (Å²) in [6.07, 6.45) is 0. The Morgan fingerprint density at radius 1 is 1.33 bits per heavy atom. The Bertz CT molecular complexity index is 529. The number of carboxylic acids is 1. The highest BCUT2D eigenvalue weighted by molar-refractivity contribution is 7.89. The molecule has 7 heteroatoms. The van der Waals surface area contributed by atoms with Crippen molar-refractivity contribution < 1.29 is 18.3 Å². The Hall–Kier alpha value is -1.44. The first-order valence-corrected chi connectivity index (χ1v) is 6.98. The summed E-state index contributed by atoms with van der Waals surface area (Å²) in [5.74, 6) is -1.14. The van der Waals surface area contributed by atoms with Gasteiger partial charge in [-0.25, -0.2) is 8.42 Å². The minimum Gasteiger partial charge on any atom is -0.480 e. The molecule has 0 saturated carbocycles. The smallest absolute Gasteiger partial charge is 0.323 e. The number of benzene rings is 1. The van der Waals surface area contributed by atoms with Crippen molar-refractivity contribution in [3.05, 3.63) is 30.3 Å². The van der Waals surface area contributed by atoms with Crippen molar-refractivity contribution in [2.24, 2.45) is 0 Å². The quantitative estimate of drug-likeness (QED) is 0.790. The molecule has 0 aliphatic carbocycles. The Balaban J connectivity index is 2.36. The fourth-order valence-corrected chi connectivity index (χ4v) is 3.51. The first kappa shape index (κ1) is 13.0. The molecule has 1 heterocycles. The second-order valence-corrected chi connectivity index (χ2v) is 5.88. The SMILES string of the molecule is O=C(O)C1CNCCN1S(=O)(=O)c1ccccc1. The van der Waals surface area contributed by atoms with Crippen molar-refractivity contribution in [1.29, 1.82) is 0 Å². The molecule has 6 nitrogen and oxygen atoms in total. The van der Waals surface area contributed by atoms with Crippen molar-refractivity contribution in [2.75, 3.05) is 19.6 Å². The van der Waals surface area contributed by atoms with Gasteiger partial charge in [0.05, 0.1) is 4.90 Å². The lowest BCUT2D eigenvalue weighted by atomic mass is 10.2. The number of hydrogen-bond acceptors (Lipinski definition) is 4. The van der Waals surface area contributed by atoms with E-state index in [4.69, 9.17) is 5.11 Å². The van der Waals surface area contributed by atoms with Crippen LogP contribution in [0, 0.1) is 0 Å². The number of carboxylic acid groups (broad SMARTS) is 1. The van der Waals surface area contributed by atoms with Crippen molar-refractivity contribution in [2.45, 2.75) is 10.9 Å². The van der Waals surface area contributed by atoms with Crippen LogP contribution in [0.4, 0.5) is 0 Å². The molecule has 1 aliphatic heterocycles. The number of sulfonamides is 1. The average molecular weight is 270 g/mol. The molecule has 18 heavy (non-hydrogen) atoms. The zero-order valence-electron chi connectivity index (χ0n) is 9.61. The van der Waals surface area contributed by atoms with E-state index in [1.54, 1.807) is 18.2 Å². The minimum absolute atomic E-state index is 0.123. The van der Waals surface area contributed by atoms with Crippen LogP contribution >= 0.6 is 0 Å². The molecule has 2 N–H and O–H groups in total. The Kier molecular flexibility index (Phi) is 3.65. The van der Waals surface area contributed by atoms with Gasteiger partial charge >= 0.3 is 5.97 Å². The van der Waals surface area contributed by atoms with Gasteiger partial charge < -0.3 is 10.4 Å². The lowest BCUT2D eigenvalue weighted by molar-refractivity contribution is -0.141. The number of hydrogen-bond donors (Lipinski definition) is 2. The second kappa shape index (κ2) is 5.05. The van der Waals surface area contributed by atoms with Gasteiger partial charge in [-0.2, -0.15) is 4.31 Å². The van der Waals surface area contributed by atoms with E-state index in [0.29, 0.717) is 6.54 Å². The maximum absolute atomic E-state index is 12.3. The summed E-state index contributed by atoms with van der Waals surface area (Å²) in [5.41, 5.74) is 0. The molecule has 1 fully saturated rings. The van der Waals surface area contributed by atoms with Crippen molar-refractivity contribution >= 4 is 16.0 Å². The highest BCUT2D eigenvalue weighted by Gasteiger charge is 2.37. The Morgan fingerprint density at radius 2 is 2.00 bits per heavy atom. The zero-order valence-corrected chi connectivity index (χ0v) is 10.4. The van der Waals surface area contributed by atoms with Crippen LogP contribution in [0.5, 0.6) is 0 Å². The maximum Gasteiger partial charge on any atom is 0.323 e. The molecular formula is C11H14N2O4S. The number of rotatable bonds is 3. The molecule has 0 radical (unpaired) electrons. The Morgan fingerprint density at radius 3 is 2.61 bits per heavy atom. The standard InChI is InChI=1S/C11H14N2O4S/c14-11(15)10-8-12-6-7-13(10)18(16,17)9-4-2-1-3-5-9/h1-5,10,12H,6-8H2,(H,14,15). The molecule has 0 aromatic heterocycles. The van der Waals surface area contributed by atoms with Gasteiger partial charge in [-0.05, 0) is 12.1 Å². The van der Waals surface area contributed by atoms with E-state index in [0.717, 1.165) is 4.31 Å². The van der Waals surface area contributed by atoms with Gasteiger partial charge in [-0.3, -0.25) is 4.79 Å².